The summed E-state index contributed by atoms with van der Waals surface area (Å²) in [4.78, 5) is 0. The molecule has 2 aromatic carbocycles. The summed E-state index contributed by atoms with van der Waals surface area (Å²) in [5.74, 6) is -2.73. The Kier molecular flexibility index (Phi) is 4.80. The highest BCUT2D eigenvalue weighted by atomic mass is 35.5. The molecular weight excluding hydrogens is 385 g/mol. The van der Waals surface area contributed by atoms with E-state index in [0.717, 1.165) is 6.07 Å². The molecule has 0 aliphatic carbocycles. The van der Waals surface area contributed by atoms with Crippen LogP contribution in [0.1, 0.15) is 5.56 Å². The largest absolute Gasteiger partial charge is 0.501 e. The van der Waals surface area contributed by atoms with Crippen LogP contribution >= 0.6 is 11.6 Å². The van der Waals surface area contributed by atoms with Gasteiger partial charge in [0.05, 0.1) is 0 Å². The molecule has 0 fully saturated rings. The van der Waals surface area contributed by atoms with Gasteiger partial charge in [0.1, 0.15) is 11.6 Å². The van der Waals surface area contributed by atoms with E-state index in [2.05, 4.69) is 0 Å². The topological polar surface area (TPSA) is 103 Å². The van der Waals surface area contributed by atoms with E-state index in [1.54, 1.807) is 24.3 Å². The van der Waals surface area contributed by atoms with Crippen LogP contribution in [0.5, 0.6) is 11.5 Å². The lowest BCUT2D eigenvalue weighted by Gasteiger charge is -2.06. The molecule has 0 bridgehead atoms. The molecule has 0 radical (unpaired) electrons. The first-order chi connectivity index (χ1) is 12.2. The second kappa shape index (κ2) is 6.89. The van der Waals surface area contributed by atoms with Crippen LogP contribution < -0.4 is 9.92 Å². The van der Waals surface area contributed by atoms with Gasteiger partial charge in [-0.05, 0) is 42.0 Å². The quantitative estimate of drug-likeness (QED) is 0.632. The maximum atomic E-state index is 13.2. The molecule has 0 spiro atoms. The molecule has 3 N–H and O–H groups in total. The molecule has 3 rings (SSSR count). The number of hydrogen-bond donors (Lipinski definition) is 2. The Bertz CT molecular complexity index is 1050. The monoisotopic (exact) mass is 397 g/mol. The number of benzene rings is 2. The van der Waals surface area contributed by atoms with Crippen molar-refractivity contribution in [3.8, 4) is 22.8 Å². The van der Waals surface area contributed by atoms with Crippen molar-refractivity contribution in [1.82, 2.24) is 0 Å². The van der Waals surface area contributed by atoms with Crippen LogP contribution in [0.4, 0.5) is 10.3 Å². The van der Waals surface area contributed by atoms with Crippen LogP contribution in [-0.2, 0) is 15.9 Å². The average molecular weight is 398 g/mol. The minimum atomic E-state index is -4.21. The van der Waals surface area contributed by atoms with E-state index < -0.39 is 39.1 Å². The number of furan rings is 1. The molecule has 136 valence electrons. The SMILES string of the molecule is Nc1oc(-c2ccc(Cl)cc2)c(O)c1OS(=O)(=O)Cc1cccc(F)c1. The van der Waals surface area contributed by atoms with Crippen molar-refractivity contribution in [2.75, 3.05) is 5.73 Å². The number of halogens is 2. The lowest BCUT2D eigenvalue weighted by atomic mass is 10.1. The standard InChI is InChI=1S/C17H13ClFNO5S/c18-12-6-4-11(5-7-12)15-14(21)16(17(20)24-15)25-26(22,23)9-10-2-1-3-13(19)8-10/h1-8,21H,9,20H2. The zero-order valence-electron chi connectivity index (χ0n) is 13.1. The molecule has 0 aliphatic rings. The van der Waals surface area contributed by atoms with Crippen LogP contribution in [0.25, 0.3) is 11.3 Å². The lowest BCUT2D eigenvalue weighted by Crippen LogP contribution is -2.12. The van der Waals surface area contributed by atoms with Crippen LogP contribution in [-0.4, -0.2) is 13.5 Å². The van der Waals surface area contributed by atoms with Gasteiger partial charge in [-0.3, -0.25) is 0 Å². The number of nitrogens with two attached hydrogens (primary N) is 1. The first kappa shape index (κ1) is 18.1. The summed E-state index contributed by atoms with van der Waals surface area (Å²) in [5, 5.41) is 10.7. The molecule has 9 heteroatoms. The Labute approximate surface area is 153 Å². The summed E-state index contributed by atoms with van der Waals surface area (Å²) in [7, 11) is -4.21. The molecule has 0 atom stereocenters. The third-order valence-electron chi connectivity index (χ3n) is 3.42. The molecule has 3 aromatic rings. The van der Waals surface area contributed by atoms with Gasteiger partial charge in [-0.2, -0.15) is 8.42 Å². The smallest absolute Gasteiger partial charge is 0.313 e. The summed E-state index contributed by atoms with van der Waals surface area (Å²) < 4.78 is 47.7. The number of nitrogen functional groups attached to an aromatic ring is 1. The van der Waals surface area contributed by atoms with Crippen molar-refractivity contribution in [3.05, 3.63) is 64.9 Å². The summed E-state index contributed by atoms with van der Waals surface area (Å²) >= 11 is 5.80. The second-order valence-corrected chi connectivity index (χ2v) is 7.40. The highest BCUT2D eigenvalue weighted by molar-refractivity contribution is 7.86. The number of rotatable bonds is 5. The van der Waals surface area contributed by atoms with Crippen molar-refractivity contribution in [1.29, 1.82) is 0 Å². The second-order valence-electron chi connectivity index (χ2n) is 5.40. The van der Waals surface area contributed by atoms with E-state index in [9.17, 15) is 17.9 Å². The van der Waals surface area contributed by atoms with Gasteiger partial charge in [0.2, 0.25) is 17.4 Å². The highest BCUT2D eigenvalue weighted by Gasteiger charge is 2.26. The van der Waals surface area contributed by atoms with E-state index in [1.165, 1.54) is 18.2 Å². The van der Waals surface area contributed by atoms with Crippen molar-refractivity contribution < 1.29 is 26.5 Å². The number of aromatic hydroxyl groups is 1. The molecule has 1 aromatic heterocycles. The number of hydrogen-bond acceptors (Lipinski definition) is 6. The van der Waals surface area contributed by atoms with Gasteiger partial charge in [-0.15, -0.1) is 0 Å². The minimum absolute atomic E-state index is 0.0601. The third-order valence-corrected chi connectivity index (χ3v) is 4.77. The van der Waals surface area contributed by atoms with E-state index in [1.807, 2.05) is 0 Å². The van der Waals surface area contributed by atoms with Crippen LogP contribution in [0.15, 0.2) is 52.9 Å². The molecule has 0 saturated carbocycles. The van der Waals surface area contributed by atoms with Crippen molar-refractivity contribution in [3.63, 3.8) is 0 Å². The van der Waals surface area contributed by atoms with Gasteiger partial charge in [0.15, 0.2) is 5.76 Å². The summed E-state index contributed by atoms with van der Waals surface area (Å²) in [6, 6.07) is 11.3. The molecule has 26 heavy (non-hydrogen) atoms. The molecule has 0 saturated heterocycles. The summed E-state index contributed by atoms with van der Waals surface area (Å²) in [6.45, 7) is 0. The zero-order chi connectivity index (χ0) is 18.9. The Morgan fingerprint density at radius 2 is 1.88 bits per heavy atom. The summed E-state index contributed by atoms with van der Waals surface area (Å²) in [6.07, 6.45) is 0. The molecule has 0 aliphatic heterocycles. The van der Waals surface area contributed by atoms with Crippen LogP contribution in [0.3, 0.4) is 0 Å². The van der Waals surface area contributed by atoms with E-state index >= 15 is 0 Å². The van der Waals surface area contributed by atoms with Gasteiger partial charge in [0, 0.05) is 10.6 Å². The minimum Gasteiger partial charge on any atom is -0.501 e. The maximum absolute atomic E-state index is 13.2. The lowest BCUT2D eigenvalue weighted by molar-refractivity contribution is 0.432. The van der Waals surface area contributed by atoms with Gasteiger partial charge in [-0.1, -0.05) is 23.7 Å². The molecule has 6 nitrogen and oxygen atoms in total. The van der Waals surface area contributed by atoms with Crippen molar-refractivity contribution >= 4 is 27.6 Å². The molecule has 0 unspecified atom stereocenters. The average Bonchev–Trinajstić information content (AvgIpc) is 2.83. The highest BCUT2D eigenvalue weighted by Crippen LogP contribution is 2.45. The Balaban J connectivity index is 1.89. The predicted molar refractivity (Wildman–Crippen MR) is 94.9 cm³/mol. The van der Waals surface area contributed by atoms with Crippen LogP contribution in [0, 0.1) is 5.82 Å². The first-order valence-electron chi connectivity index (χ1n) is 7.29. The molecule has 1 heterocycles. The van der Waals surface area contributed by atoms with E-state index in [0.29, 0.717) is 10.6 Å². The fourth-order valence-electron chi connectivity index (χ4n) is 2.29. The predicted octanol–water partition coefficient (Wildman–Crippen LogP) is 3.94. The molecule has 0 amide bonds. The van der Waals surface area contributed by atoms with Gasteiger partial charge < -0.3 is 19.4 Å². The Hall–Kier alpha value is -2.71. The van der Waals surface area contributed by atoms with E-state index in [-0.39, 0.29) is 11.3 Å². The normalized spacial score (nSPS) is 11.5. The zero-order valence-corrected chi connectivity index (χ0v) is 14.7. The van der Waals surface area contributed by atoms with Gasteiger partial charge in [0.25, 0.3) is 0 Å². The fraction of sp³-hybridized carbons (Fsp3) is 0.0588. The Morgan fingerprint density at radius 3 is 2.54 bits per heavy atom. The summed E-state index contributed by atoms with van der Waals surface area (Å²) in [5.41, 5.74) is 6.24. The van der Waals surface area contributed by atoms with Crippen molar-refractivity contribution in [2.24, 2.45) is 0 Å². The van der Waals surface area contributed by atoms with Crippen molar-refractivity contribution in [2.45, 2.75) is 5.75 Å². The fourth-order valence-corrected chi connectivity index (χ4v) is 3.48. The van der Waals surface area contributed by atoms with Crippen LogP contribution in [0.2, 0.25) is 5.02 Å². The Morgan fingerprint density at radius 1 is 1.19 bits per heavy atom. The van der Waals surface area contributed by atoms with E-state index in [4.69, 9.17) is 25.9 Å². The maximum Gasteiger partial charge on any atom is 0.313 e. The molecular formula is C17H13ClFNO5S. The number of anilines is 1. The third kappa shape index (κ3) is 3.92. The van der Waals surface area contributed by atoms with Gasteiger partial charge >= 0.3 is 10.1 Å². The van der Waals surface area contributed by atoms with Gasteiger partial charge in [-0.25, -0.2) is 4.39 Å². The first-order valence-corrected chi connectivity index (χ1v) is 9.24.